The van der Waals surface area contributed by atoms with Gasteiger partial charge in [0, 0.05) is 41.6 Å². The zero-order chi connectivity index (χ0) is 23.8. The van der Waals surface area contributed by atoms with Crippen molar-refractivity contribution in [3.63, 3.8) is 0 Å². The number of amides is 1. The van der Waals surface area contributed by atoms with Crippen LogP contribution in [0.5, 0.6) is 0 Å². The second-order valence-corrected chi connectivity index (χ2v) is 8.44. The first-order chi connectivity index (χ1) is 17.2. The number of hydrogen-bond donors (Lipinski definition) is 0. The molecule has 0 atom stereocenters. The summed E-state index contributed by atoms with van der Waals surface area (Å²) in [4.78, 5) is 36.9. The first kappa shape index (κ1) is 21.0. The lowest BCUT2D eigenvalue weighted by molar-refractivity contribution is -0.119. The molecule has 0 spiro atoms. The Bertz CT molecular complexity index is 1610. The van der Waals surface area contributed by atoms with Gasteiger partial charge in [0.25, 0.3) is 11.4 Å². The number of hydrogen-bond acceptors (Lipinski definition) is 6. The second kappa shape index (κ2) is 8.64. The zero-order valence-corrected chi connectivity index (χ0v) is 18.8. The number of carbonyl (C=O) groups is 1. The van der Waals surface area contributed by atoms with Crippen molar-refractivity contribution in [3.8, 4) is 22.8 Å². The monoisotopic (exact) mass is 463 g/mol. The number of pyridine rings is 2. The van der Waals surface area contributed by atoms with E-state index in [0.29, 0.717) is 23.4 Å². The molecule has 3 aromatic heterocycles. The van der Waals surface area contributed by atoms with Crippen molar-refractivity contribution in [1.82, 2.24) is 19.7 Å². The Hall–Kier alpha value is -4.59. The van der Waals surface area contributed by atoms with E-state index in [0.717, 1.165) is 35.0 Å². The highest BCUT2D eigenvalue weighted by atomic mass is 16.5. The highest BCUT2D eigenvalue weighted by Gasteiger charge is 2.24. The van der Waals surface area contributed by atoms with Gasteiger partial charge in [-0.15, -0.1) is 0 Å². The van der Waals surface area contributed by atoms with Crippen molar-refractivity contribution in [2.24, 2.45) is 0 Å². The quantitative estimate of drug-likeness (QED) is 0.398. The minimum Gasteiger partial charge on any atom is -0.334 e. The van der Waals surface area contributed by atoms with Crippen molar-refractivity contribution >= 4 is 22.5 Å². The number of anilines is 1. The summed E-state index contributed by atoms with van der Waals surface area (Å²) >= 11 is 0. The fraction of sp³-hybridized carbons (Fsp3) is 0.148. The maximum absolute atomic E-state index is 13.4. The molecule has 0 radical (unpaired) electrons. The molecule has 35 heavy (non-hydrogen) atoms. The summed E-state index contributed by atoms with van der Waals surface area (Å²) in [7, 11) is 0. The zero-order valence-electron chi connectivity index (χ0n) is 18.8. The van der Waals surface area contributed by atoms with Crippen LogP contribution in [0.2, 0.25) is 0 Å². The van der Waals surface area contributed by atoms with Crippen molar-refractivity contribution < 1.29 is 9.32 Å². The molecule has 0 saturated heterocycles. The molecule has 172 valence electrons. The van der Waals surface area contributed by atoms with Crippen LogP contribution in [0.3, 0.4) is 0 Å². The summed E-state index contributed by atoms with van der Waals surface area (Å²) in [5.41, 5.74) is 3.71. The Labute approximate surface area is 200 Å². The van der Waals surface area contributed by atoms with Crippen LogP contribution in [-0.2, 0) is 17.8 Å². The van der Waals surface area contributed by atoms with Gasteiger partial charge in [-0.2, -0.15) is 4.98 Å². The minimum absolute atomic E-state index is 0.0555. The Balaban J connectivity index is 1.39. The molecule has 5 aromatic rings. The summed E-state index contributed by atoms with van der Waals surface area (Å²) in [5.74, 6) is 0.540. The normalized spacial score (nSPS) is 13.1. The molecule has 1 aliphatic rings. The van der Waals surface area contributed by atoms with Crippen LogP contribution in [0.4, 0.5) is 5.69 Å². The van der Waals surface area contributed by atoms with Gasteiger partial charge in [-0.25, -0.2) is 0 Å². The Kier molecular flexibility index (Phi) is 5.18. The number of aryl methyl sites for hydroxylation is 1. The summed E-state index contributed by atoms with van der Waals surface area (Å²) in [6, 6.07) is 20.4. The predicted octanol–water partition coefficient (Wildman–Crippen LogP) is 4.09. The van der Waals surface area contributed by atoms with Gasteiger partial charge >= 0.3 is 0 Å². The second-order valence-electron chi connectivity index (χ2n) is 8.44. The van der Waals surface area contributed by atoms with Crippen LogP contribution in [0, 0.1) is 0 Å². The van der Waals surface area contributed by atoms with Gasteiger partial charge in [-0.1, -0.05) is 41.6 Å². The van der Waals surface area contributed by atoms with E-state index in [2.05, 4.69) is 21.2 Å². The number of benzene rings is 2. The van der Waals surface area contributed by atoms with Gasteiger partial charge in [0.1, 0.15) is 6.54 Å². The molecular formula is C27H21N5O3. The number of aromatic nitrogens is 4. The number of fused-ring (bicyclic) bond motifs is 2. The SMILES string of the molecule is O=C(Cn1c(=O)cc(-c2nc(-c3ccncc3)no2)c2ccccc21)N1CCCc2ccccc21. The molecule has 4 heterocycles. The van der Waals surface area contributed by atoms with Crippen LogP contribution in [0.25, 0.3) is 33.7 Å². The van der Waals surface area contributed by atoms with E-state index in [1.807, 2.05) is 42.5 Å². The smallest absolute Gasteiger partial charge is 0.259 e. The topological polar surface area (TPSA) is 94.1 Å². The molecule has 2 aromatic carbocycles. The third-order valence-electron chi connectivity index (χ3n) is 6.32. The first-order valence-corrected chi connectivity index (χ1v) is 11.4. The molecule has 0 aliphatic carbocycles. The molecule has 6 rings (SSSR count). The van der Waals surface area contributed by atoms with Crippen molar-refractivity contribution in [3.05, 3.63) is 95.0 Å². The summed E-state index contributed by atoms with van der Waals surface area (Å²) in [6.07, 6.45) is 5.15. The lowest BCUT2D eigenvalue weighted by atomic mass is 10.0. The minimum atomic E-state index is -0.305. The standard InChI is InChI=1S/C27H21N5O3/c33-24-16-21(27-29-26(30-35-27)19-11-13-28-14-12-19)20-8-2-4-10-23(20)32(24)17-25(34)31-15-5-7-18-6-1-3-9-22(18)31/h1-4,6,8-14,16H,5,7,15,17H2. The van der Waals surface area contributed by atoms with Gasteiger partial charge in [0.15, 0.2) is 0 Å². The molecule has 0 N–H and O–H groups in total. The van der Waals surface area contributed by atoms with Gasteiger partial charge in [0.05, 0.1) is 11.1 Å². The lowest BCUT2D eigenvalue weighted by Gasteiger charge is -2.29. The largest absolute Gasteiger partial charge is 0.334 e. The van der Waals surface area contributed by atoms with E-state index in [1.54, 1.807) is 29.4 Å². The molecule has 1 aliphatic heterocycles. The summed E-state index contributed by atoms with van der Waals surface area (Å²) in [6.45, 7) is 0.584. The molecular weight excluding hydrogens is 442 g/mol. The molecule has 0 saturated carbocycles. The van der Waals surface area contributed by atoms with Crippen LogP contribution >= 0.6 is 0 Å². The fourth-order valence-electron chi connectivity index (χ4n) is 4.64. The van der Waals surface area contributed by atoms with Gasteiger partial charge < -0.3 is 9.42 Å². The van der Waals surface area contributed by atoms with Crippen molar-refractivity contribution in [2.75, 3.05) is 11.4 Å². The average molecular weight is 463 g/mol. The number of carbonyl (C=O) groups excluding carboxylic acids is 1. The molecule has 8 nitrogen and oxygen atoms in total. The molecule has 8 heteroatoms. The number of nitrogens with zero attached hydrogens (tertiary/aromatic N) is 5. The van der Waals surface area contributed by atoms with Crippen molar-refractivity contribution in [2.45, 2.75) is 19.4 Å². The van der Waals surface area contributed by atoms with Crippen LogP contribution in [0.1, 0.15) is 12.0 Å². The molecule has 0 unspecified atom stereocenters. The molecule has 1 amide bonds. The summed E-state index contributed by atoms with van der Waals surface area (Å²) in [5, 5.41) is 4.82. The Morgan fingerprint density at radius 1 is 1.00 bits per heavy atom. The maximum atomic E-state index is 13.4. The lowest BCUT2D eigenvalue weighted by Crippen LogP contribution is -2.39. The van der Waals surface area contributed by atoms with Gasteiger partial charge in [-0.05, 0) is 42.7 Å². The van der Waals surface area contributed by atoms with E-state index in [4.69, 9.17) is 4.52 Å². The third-order valence-corrected chi connectivity index (χ3v) is 6.32. The third kappa shape index (κ3) is 3.78. The van der Waals surface area contributed by atoms with Crippen molar-refractivity contribution in [1.29, 1.82) is 0 Å². The van der Waals surface area contributed by atoms with E-state index in [1.165, 1.54) is 10.6 Å². The number of rotatable bonds is 4. The summed E-state index contributed by atoms with van der Waals surface area (Å²) < 4.78 is 7.03. The predicted molar refractivity (Wildman–Crippen MR) is 132 cm³/mol. The highest BCUT2D eigenvalue weighted by molar-refractivity contribution is 5.97. The van der Waals surface area contributed by atoms with E-state index < -0.39 is 0 Å². The van der Waals surface area contributed by atoms with E-state index in [9.17, 15) is 9.59 Å². The average Bonchev–Trinajstić information content (AvgIpc) is 3.40. The Morgan fingerprint density at radius 3 is 2.69 bits per heavy atom. The highest BCUT2D eigenvalue weighted by Crippen LogP contribution is 2.29. The first-order valence-electron chi connectivity index (χ1n) is 11.4. The fourth-order valence-corrected chi connectivity index (χ4v) is 4.64. The van der Waals surface area contributed by atoms with E-state index >= 15 is 0 Å². The molecule has 0 fully saturated rings. The maximum Gasteiger partial charge on any atom is 0.259 e. The van der Waals surface area contributed by atoms with Gasteiger partial charge in [0.2, 0.25) is 11.7 Å². The van der Waals surface area contributed by atoms with Crippen LogP contribution in [-0.4, -0.2) is 32.1 Å². The van der Waals surface area contributed by atoms with Crippen LogP contribution in [0.15, 0.2) is 88.4 Å². The Morgan fingerprint density at radius 2 is 1.80 bits per heavy atom. The molecule has 0 bridgehead atoms. The number of para-hydroxylation sites is 2. The van der Waals surface area contributed by atoms with Gasteiger partial charge in [-0.3, -0.25) is 19.1 Å². The van der Waals surface area contributed by atoms with Crippen LogP contribution < -0.4 is 10.5 Å². The van der Waals surface area contributed by atoms with E-state index in [-0.39, 0.29) is 23.9 Å².